The molecule has 1 fully saturated rings. The van der Waals surface area contributed by atoms with E-state index in [-0.39, 0.29) is 5.91 Å². The molecule has 0 saturated heterocycles. The Balaban J connectivity index is 1.67. The standard InChI is InChI=1S/C28H33NO2/c1-3-4-19-31-26-16-15-25(23-13-6-7-14-24(23)26)29-27(30)28(17-8-5-9-18-28)22-12-10-11-21(2)20-22/h6-7,10-16,20H,3-5,8-9,17-19H2,1-2H3,(H,29,30). The number of hydrogen-bond donors (Lipinski definition) is 1. The molecule has 0 radical (unpaired) electrons. The first kappa shape index (κ1) is 21.4. The summed E-state index contributed by atoms with van der Waals surface area (Å²) in [4.78, 5) is 13.8. The lowest BCUT2D eigenvalue weighted by molar-refractivity contribution is -0.122. The minimum atomic E-state index is -0.457. The Morgan fingerprint density at radius 2 is 1.74 bits per heavy atom. The summed E-state index contributed by atoms with van der Waals surface area (Å²) < 4.78 is 6.03. The molecule has 0 atom stereocenters. The van der Waals surface area contributed by atoms with Crippen LogP contribution in [0.5, 0.6) is 5.75 Å². The predicted octanol–water partition coefficient (Wildman–Crippen LogP) is 7.17. The Morgan fingerprint density at radius 3 is 2.48 bits per heavy atom. The van der Waals surface area contributed by atoms with E-state index < -0.39 is 5.41 Å². The summed E-state index contributed by atoms with van der Waals surface area (Å²) in [7, 11) is 0. The summed E-state index contributed by atoms with van der Waals surface area (Å²) in [6.45, 7) is 4.97. The van der Waals surface area contributed by atoms with Crippen molar-refractivity contribution in [1.82, 2.24) is 0 Å². The van der Waals surface area contributed by atoms with E-state index in [1.54, 1.807) is 0 Å². The largest absolute Gasteiger partial charge is 0.493 e. The van der Waals surface area contributed by atoms with Crippen LogP contribution in [0.15, 0.2) is 60.7 Å². The highest BCUT2D eigenvalue weighted by molar-refractivity contribution is 6.07. The number of rotatable bonds is 7. The van der Waals surface area contributed by atoms with Gasteiger partial charge in [0.15, 0.2) is 0 Å². The quantitative estimate of drug-likeness (QED) is 0.415. The van der Waals surface area contributed by atoms with E-state index >= 15 is 0 Å². The van der Waals surface area contributed by atoms with Crippen molar-refractivity contribution < 1.29 is 9.53 Å². The van der Waals surface area contributed by atoms with Gasteiger partial charge >= 0.3 is 0 Å². The molecule has 162 valence electrons. The maximum atomic E-state index is 13.8. The first-order valence-electron chi connectivity index (χ1n) is 11.7. The molecule has 1 aliphatic carbocycles. The van der Waals surface area contributed by atoms with Crippen LogP contribution < -0.4 is 10.1 Å². The van der Waals surface area contributed by atoms with Crippen molar-refractivity contribution in [2.24, 2.45) is 0 Å². The molecular formula is C28H33NO2. The highest BCUT2D eigenvalue weighted by Crippen LogP contribution is 2.41. The molecule has 1 amide bonds. The fourth-order valence-corrected chi connectivity index (χ4v) is 4.82. The molecule has 0 unspecified atom stereocenters. The highest BCUT2D eigenvalue weighted by atomic mass is 16.5. The van der Waals surface area contributed by atoms with Crippen molar-refractivity contribution >= 4 is 22.4 Å². The molecule has 3 aromatic carbocycles. The molecule has 0 spiro atoms. The van der Waals surface area contributed by atoms with Crippen LogP contribution in [0, 0.1) is 6.92 Å². The third-order valence-corrected chi connectivity index (χ3v) is 6.60. The molecule has 31 heavy (non-hydrogen) atoms. The maximum Gasteiger partial charge on any atom is 0.235 e. The molecule has 3 nitrogen and oxygen atoms in total. The molecular weight excluding hydrogens is 382 g/mol. The second-order valence-electron chi connectivity index (χ2n) is 8.83. The van der Waals surface area contributed by atoms with Gasteiger partial charge in [-0.25, -0.2) is 0 Å². The molecule has 3 heteroatoms. The molecule has 1 saturated carbocycles. The summed E-state index contributed by atoms with van der Waals surface area (Å²) in [6, 6.07) is 20.7. The average molecular weight is 416 g/mol. The van der Waals surface area contributed by atoms with Gasteiger partial charge in [0.2, 0.25) is 5.91 Å². The van der Waals surface area contributed by atoms with Crippen molar-refractivity contribution in [2.45, 2.75) is 64.2 Å². The van der Waals surface area contributed by atoms with Crippen LogP contribution in [0.25, 0.3) is 10.8 Å². The summed E-state index contributed by atoms with van der Waals surface area (Å²) in [5.74, 6) is 0.996. The SMILES string of the molecule is CCCCOc1ccc(NC(=O)C2(c3cccc(C)c3)CCCCC2)c2ccccc12. The minimum Gasteiger partial charge on any atom is -0.493 e. The number of ether oxygens (including phenoxy) is 1. The summed E-state index contributed by atoms with van der Waals surface area (Å²) in [5, 5.41) is 5.39. The Bertz CT molecular complexity index is 1050. The molecule has 4 rings (SSSR count). The van der Waals surface area contributed by atoms with Gasteiger partial charge < -0.3 is 10.1 Å². The van der Waals surface area contributed by atoms with Crippen LogP contribution in [0.2, 0.25) is 0 Å². The van der Waals surface area contributed by atoms with Crippen LogP contribution in [-0.2, 0) is 10.2 Å². The first-order valence-corrected chi connectivity index (χ1v) is 11.7. The van der Waals surface area contributed by atoms with E-state index in [1.165, 1.54) is 12.0 Å². The average Bonchev–Trinajstić information content (AvgIpc) is 2.81. The van der Waals surface area contributed by atoms with Gasteiger partial charge in [-0.15, -0.1) is 0 Å². The fourth-order valence-electron chi connectivity index (χ4n) is 4.82. The van der Waals surface area contributed by atoms with E-state index in [0.717, 1.165) is 66.3 Å². The van der Waals surface area contributed by atoms with Crippen molar-refractivity contribution in [3.05, 3.63) is 71.8 Å². The van der Waals surface area contributed by atoms with E-state index in [1.807, 2.05) is 24.3 Å². The number of fused-ring (bicyclic) bond motifs is 1. The number of carbonyl (C=O) groups is 1. The van der Waals surface area contributed by atoms with Crippen LogP contribution >= 0.6 is 0 Å². The third-order valence-electron chi connectivity index (χ3n) is 6.60. The fraction of sp³-hybridized carbons (Fsp3) is 0.393. The lowest BCUT2D eigenvalue weighted by Gasteiger charge is -2.36. The number of anilines is 1. The zero-order valence-corrected chi connectivity index (χ0v) is 18.7. The molecule has 1 N–H and O–H groups in total. The predicted molar refractivity (Wildman–Crippen MR) is 129 cm³/mol. The number of benzene rings is 3. The van der Waals surface area contributed by atoms with Crippen molar-refractivity contribution in [2.75, 3.05) is 11.9 Å². The normalized spacial score (nSPS) is 15.5. The second kappa shape index (κ2) is 9.55. The van der Waals surface area contributed by atoms with Gasteiger partial charge in [-0.05, 0) is 43.9 Å². The maximum absolute atomic E-state index is 13.8. The Hall–Kier alpha value is -2.81. The highest BCUT2D eigenvalue weighted by Gasteiger charge is 2.41. The van der Waals surface area contributed by atoms with Gasteiger partial charge in [0, 0.05) is 16.5 Å². The lowest BCUT2D eigenvalue weighted by Crippen LogP contribution is -2.42. The van der Waals surface area contributed by atoms with Gasteiger partial charge in [0.05, 0.1) is 12.0 Å². The number of nitrogens with one attached hydrogen (secondary N) is 1. The third kappa shape index (κ3) is 4.46. The van der Waals surface area contributed by atoms with Gasteiger partial charge in [-0.3, -0.25) is 4.79 Å². The Morgan fingerprint density at radius 1 is 0.968 bits per heavy atom. The van der Waals surface area contributed by atoms with E-state index in [0.29, 0.717) is 6.61 Å². The Kier molecular flexibility index (Phi) is 6.60. The number of carbonyl (C=O) groups excluding carboxylic acids is 1. The smallest absolute Gasteiger partial charge is 0.235 e. The summed E-state index contributed by atoms with van der Waals surface area (Å²) in [6.07, 6.45) is 7.32. The lowest BCUT2D eigenvalue weighted by atomic mass is 9.68. The van der Waals surface area contributed by atoms with Crippen LogP contribution in [0.4, 0.5) is 5.69 Å². The molecule has 0 aliphatic heterocycles. The van der Waals surface area contributed by atoms with Crippen LogP contribution in [-0.4, -0.2) is 12.5 Å². The van der Waals surface area contributed by atoms with E-state index in [4.69, 9.17) is 4.74 Å². The molecule has 0 heterocycles. The van der Waals surface area contributed by atoms with Crippen molar-refractivity contribution in [3.63, 3.8) is 0 Å². The minimum absolute atomic E-state index is 0.114. The van der Waals surface area contributed by atoms with Gasteiger partial charge in [-0.1, -0.05) is 86.7 Å². The Labute approximate surface area is 185 Å². The van der Waals surface area contributed by atoms with Gasteiger partial charge in [-0.2, -0.15) is 0 Å². The van der Waals surface area contributed by atoms with Gasteiger partial charge in [0.1, 0.15) is 5.75 Å². The molecule has 0 aromatic heterocycles. The topological polar surface area (TPSA) is 38.3 Å². The van der Waals surface area contributed by atoms with Crippen LogP contribution in [0.3, 0.4) is 0 Å². The summed E-state index contributed by atoms with van der Waals surface area (Å²) >= 11 is 0. The van der Waals surface area contributed by atoms with Crippen molar-refractivity contribution in [3.8, 4) is 5.75 Å². The number of hydrogen-bond acceptors (Lipinski definition) is 2. The monoisotopic (exact) mass is 415 g/mol. The molecule has 3 aromatic rings. The zero-order chi connectivity index (χ0) is 21.7. The molecule has 1 aliphatic rings. The number of unbranched alkanes of at least 4 members (excludes halogenated alkanes) is 1. The second-order valence-corrected chi connectivity index (χ2v) is 8.83. The van der Waals surface area contributed by atoms with E-state index in [9.17, 15) is 4.79 Å². The van der Waals surface area contributed by atoms with Crippen molar-refractivity contribution in [1.29, 1.82) is 0 Å². The van der Waals surface area contributed by atoms with Crippen LogP contribution in [0.1, 0.15) is 63.0 Å². The molecule has 0 bridgehead atoms. The summed E-state index contributed by atoms with van der Waals surface area (Å²) in [5.41, 5.74) is 2.76. The number of aryl methyl sites for hydroxylation is 1. The number of amides is 1. The van der Waals surface area contributed by atoms with Gasteiger partial charge in [0.25, 0.3) is 0 Å². The first-order chi connectivity index (χ1) is 15.1. The zero-order valence-electron chi connectivity index (χ0n) is 18.7. The van der Waals surface area contributed by atoms with E-state index in [2.05, 4.69) is 55.6 Å².